The minimum absolute atomic E-state index is 0.275. The van der Waals surface area contributed by atoms with Crippen LogP contribution >= 0.6 is 0 Å². The molecule has 0 radical (unpaired) electrons. The van der Waals surface area contributed by atoms with E-state index in [-0.39, 0.29) is 5.41 Å². The standard InChI is InChI=1S/C14H26O2/c15-12-14(8-2-1-3-9-14)10-4-6-13-7-5-11-16-13/h13,15H,1-12H2. The van der Waals surface area contributed by atoms with Crippen LogP contribution in [0.15, 0.2) is 0 Å². The largest absolute Gasteiger partial charge is 0.396 e. The van der Waals surface area contributed by atoms with Crippen LogP contribution in [0.3, 0.4) is 0 Å². The Labute approximate surface area is 99.4 Å². The third-order valence-electron chi connectivity index (χ3n) is 4.51. The van der Waals surface area contributed by atoms with Crippen molar-refractivity contribution in [3.05, 3.63) is 0 Å². The highest BCUT2D eigenvalue weighted by Gasteiger charge is 2.31. The predicted molar refractivity (Wildman–Crippen MR) is 65.4 cm³/mol. The molecule has 2 fully saturated rings. The summed E-state index contributed by atoms with van der Waals surface area (Å²) in [4.78, 5) is 0. The zero-order valence-corrected chi connectivity index (χ0v) is 10.4. The average molecular weight is 226 g/mol. The Morgan fingerprint density at radius 2 is 1.94 bits per heavy atom. The van der Waals surface area contributed by atoms with Gasteiger partial charge in [-0.2, -0.15) is 0 Å². The first kappa shape index (κ1) is 12.4. The Balaban J connectivity index is 1.69. The summed E-state index contributed by atoms with van der Waals surface area (Å²) < 4.78 is 5.65. The molecule has 2 nitrogen and oxygen atoms in total. The van der Waals surface area contributed by atoms with E-state index in [1.807, 2.05) is 0 Å². The molecule has 1 unspecified atom stereocenters. The van der Waals surface area contributed by atoms with Crippen molar-refractivity contribution in [3.8, 4) is 0 Å². The second kappa shape index (κ2) is 6.02. The lowest BCUT2D eigenvalue weighted by molar-refractivity contribution is 0.0591. The van der Waals surface area contributed by atoms with E-state index >= 15 is 0 Å². The van der Waals surface area contributed by atoms with Gasteiger partial charge in [-0.3, -0.25) is 0 Å². The van der Waals surface area contributed by atoms with Gasteiger partial charge < -0.3 is 9.84 Å². The van der Waals surface area contributed by atoms with Gasteiger partial charge in [0.15, 0.2) is 0 Å². The van der Waals surface area contributed by atoms with Crippen LogP contribution in [0.25, 0.3) is 0 Å². The Morgan fingerprint density at radius 1 is 1.12 bits per heavy atom. The molecule has 16 heavy (non-hydrogen) atoms. The minimum atomic E-state index is 0.275. The molecule has 0 aromatic rings. The topological polar surface area (TPSA) is 29.5 Å². The van der Waals surface area contributed by atoms with E-state index in [0.29, 0.717) is 12.7 Å². The Morgan fingerprint density at radius 3 is 2.56 bits per heavy atom. The summed E-state index contributed by atoms with van der Waals surface area (Å²) in [6, 6.07) is 0. The van der Waals surface area contributed by atoms with Crippen molar-refractivity contribution in [3.63, 3.8) is 0 Å². The number of ether oxygens (including phenoxy) is 1. The fraction of sp³-hybridized carbons (Fsp3) is 1.00. The van der Waals surface area contributed by atoms with E-state index in [1.54, 1.807) is 0 Å². The highest BCUT2D eigenvalue weighted by Crippen LogP contribution is 2.40. The number of rotatable bonds is 5. The van der Waals surface area contributed by atoms with Crippen molar-refractivity contribution in [2.45, 2.75) is 70.3 Å². The fourth-order valence-corrected chi connectivity index (χ4v) is 3.37. The van der Waals surface area contributed by atoms with E-state index in [4.69, 9.17) is 4.74 Å². The number of hydrogen-bond donors (Lipinski definition) is 1. The second-order valence-electron chi connectivity index (χ2n) is 5.75. The fourth-order valence-electron chi connectivity index (χ4n) is 3.37. The van der Waals surface area contributed by atoms with Crippen molar-refractivity contribution >= 4 is 0 Å². The average Bonchev–Trinajstić information content (AvgIpc) is 2.83. The van der Waals surface area contributed by atoms with Crippen molar-refractivity contribution in [1.82, 2.24) is 0 Å². The third kappa shape index (κ3) is 3.21. The first-order valence-corrected chi connectivity index (χ1v) is 7.07. The van der Waals surface area contributed by atoms with Crippen LogP contribution in [-0.4, -0.2) is 24.4 Å². The van der Waals surface area contributed by atoms with E-state index in [9.17, 15) is 5.11 Å². The molecule has 94 valence electrons. The van der Waals surface area contributed by atoms with Gasteiger partial charge in [-0.15, -0.1) is 0 Å². The van der Waals surface area contributed by atoms with Crippen molar-refractivity contribution < 1.29 is 9.84 Å². The monoisotopic (exact) mass is 226 g/mol. The first-order valence-electron chi connectivity index (χ1n) is 7.07. The number of aliphatic hydroxyl groups is 1. The van der Waals surface area contributed by atoms with E-state index < -0.39 is 0 Å². The van der Waals surface area contributed by atoms with Gasteiger partial charge >= 0.3 is 0 Å². The quantitative estimate of drug-likeness (QED) is 0.779. The molecule has 0 aromatic carbocycles. The summed E-state index contributed by atoms with van der Waals surface area (Å²) in [6.07, 6.45) is 13.2. The van der Waals surface area contributed by atoms with E-state index in [0.717, 1.165) is 6.61 Å². The lowest BCUT2D eigenvalue weighted by atomic mass is 9.71. The van der Waals surface area contributed by atoms with Crippen molar-refractivity contribution in [1.29, 1.82) is 0 Å². The zero-order chi connectivity index (χ0) is 11.3. The van der Waals surface area contributed by atoms with Crippen LogP contribution in [0.4, 0.5) is 0 Å². The molecule has 1 aliphatic heterocycles. The van der Waals surface area contributed by atoms with Crippen molar-refractivity contribution in [2.75, 3.05) is 13.2 Å². The summed E-state index contributed by atoms with van der Waals surface area (Å²) in [5.74, 6) is 0. The number of aliphatic hydroxyl groups excluding tert-OH is 1. The first-order chi connectivity index (χ1) is 7.85. The van der Waals surface area contributed by atoms with Crippen LogP contribution in [0.2, 0.25) is 0 Å². The third-order valence-corrected chi connectivity index (χ3v) is 4.51. The van der Waals surface area contributed by atoms with Crippen LogP contribution in [-0.2, 0) is 4.74 Å². The molecule has 0 aromatic heterocycles. The van der Waals surface area contributed by atoms with Gasteiger partial charge in [0, 0.05) is 13.2 Å². The van der Waals surface area contributed by atoms with Crippen LogP contribution in [0.5, 0.6) is 0 Å². The molecular formula is C14H26O2. The summed E-state index contributed by atoms with van der Waals surface area (Å²) in [6.45, 7) is 1.37. The molecule has 1 N–H and O–H groups in total. The van der Waals surface area contributed by atoms with Gasteiger partial charge in [0.2, 0.25) is 0 Å². The van der Waals surface area contributed by atoms with Gasteiger partial charge in [0.1, 0.15) is 0 Å². The molecule has 1 saturated heterocycles. The summed E-state index contributed by atoms with van der Waals surface area (Å²) in [7, 11) is 0. The Kier molecular flexibility index (Phi) is 4.66. The second-order valence-corrected chi connectivity index (χ2v) is 5.75. The van der Waals surface area contributed by atoms with E-state index in [2.05, 4.69) is 0 Å². The molecular weight excluding hydrogens is 200 g/mol. The van der Waals surface area contributed by atoms with Gasteiger partial charge in [-0.1, -0.05) is 25.7 Å². The maximum atomic E-state index is 9.60. The summed E-state index contributed by atoms with van der Waals surface area (Å²) >= 11 is 0. The van der Waals surface area contributed by atoms with Gasteiger partial charge in [-0.05, 0) is 43.9 Å². The highest BCUT2D eigenvalue weighted by molar-refractivity contribution is 4.82. The lowest BCUT2D eigenvalue weighted by Crippen LogP contribution is -2.28. The van der Waals surface area contributed by atoms with Gasteiger partial charge in [0.25, 0.3) is 0 Å². The molecule has 0 bridgehead atoms. The Bertz CT molecular complexity index is 191. The van der Waals surface area contributed by atoms with Crippen LogP contribution < -0.4 is 0 Å². The minimum Gasteiger partial charge on any atom is -0.396 e. The van der Waals surface area contributed by atoms with E-state index in [1.165, 1.54) is 64.2 Å². The predicted octanol–water partition coefficient (Wildman–Crippen LogP) is 3.28. The lowest BCUT2D eigenvalue weighted by Gasteiger charge is -2.36. The maximum Gasteiger partial charge on any atom is 0.0576 e. The normalized spacial score (nSPS) is 29.4. The molecule has 0 spiro atoms. The Hall–Kier alpha value is -0.0800. The van der Waals surface area contributed by atoms with Crippen molar-refractivity contribution in [2.24, 2.45) is 5.41 Å². The molecule has 1 aliphatic carbocycles. The molecule has 2 rings (SSSR count). The smallest absolute Gasteiger partial charge is 0.0576 e. The maximum absolute atomic E-state index is 9.60. The van der Waals surface area contributed by atoms with Crippen LogP contribution in [0, 0.1) is 5.41 Å². The molecule has 1 saturated carbocycles. The highest BCUT2D eigenvalue weighted by atomic mass is 16.5. The zero-order valence-electron chi connectivity index (χ0n) is 10.4. The molecule has 0 amide bonds. The summed E-state index contributed by atoms with van der Waals surface area (Å²) in [5, 5.41) is 9.60. The summed E-state index contributed by atoms with van der Waals surface area (Å²) in [5.41, 5.74) is 0.275. The van der Waals surface area contributed by atoms with Crippen LogP contribution in [0.1, 0.15) is 64.2 Å². The molecule has 1 heterocycles. The number of hydrogen-bond acceptors (Lipinski definition) is 2. The van der Waals surface area contributed by atoms with Gasteiger partial charge in [-0.25, -0.2) is 0 Å². The molecule has 1 atom stereocenters. The van der Waals surface area contributed by atoms with Gasteiger partial charge in [0.05, 0.1) is 6.10 Å². The molecule has 2 heteroatoms. The SMILES string of the molecule is OCC1(CCCC2CCCO2)CCCCC1. The molecule has 2 aliphatic rings.